The first-order valence-electron chi connectivity index (χ1n) is 9.27. The minimum atomic E-state index is -0.117. The van der Waals surface area contributed by atoms with Crippen LogP contribution in [0, 0.1) is 0 Å². The van der Waals surface area contributed by atoms with Crippen molar-refractivity contribution >= 4 is 17.5 Å². The second-order valence-electron chi connectivity index (χ2n) is 6.26. The van der Waals surface area contributed by atoms with Gasteiger partial charge in [0.1, 0.15) is 12.4 Å². The Morgan fingerprint density at radius 1 is 0.926 bits per heavy atom. The number of hydrogen-bond donors (Lipinski definition) is 3. The number of rotatable bonds is 10. The molecule has 2 aromatic rings. The van der Waals surface area contributed by atoms with Crippen molar-refractivity contribution in [3.8, 4) is 5.75 Å². The number of likely N-dealkylation sites (N-methyl/N-ethyl adjacent to an activating group) is 2. The first-order chi connectivity index (χ1) is 13.1. The van der Waals surface area contributed by atoms with Gasteiger partial charge in [-0.05, 0) is 43.7 Å². The highest BCUT2D eigenvalue weighted by Crippen LogP contribution is 2.17. The van der Waals surface area contributed by atoms with Gasteiger partial charge in [-0.3, -0.25) is 9.59 Å². The zero-order valence-corrected chi connectivity index (χ0v) is 16.0. The first-order valence-corrected chi connectivity index (χ1v) is 9.27. The fraction of sp³-hybridized carbons (Fsp3) is 0.333. The fourth-order valence-corrected chi connectivity index (χ4v) is 2.61. The zero-order valence-electron chi connectivity index (χ0n) is 16.0. The topological polar surface area (TPSA) is 71.9 Å². The zero-order chi connectivity index (χ0) is 19.5. The molecule has 2 amide bonds. The molecule has 6 heteroatoms. The van der Waals surface area contributed by atoms with Crippen LogP contribution in [0.15, 0.2) is 54.6 Å². The van der Waals surface area contributed by atoms with E-state index in [1.165, 1.54) is 0 Å². The smallest absolute Gasteiger partial charge is 0.279 e. The second kappa shape index (κ2) is 11.0. The van der Waals surface area contributed by atoms with Gasteiger partial charge in [0.2, 0.25) is 0 Å². The van der Waals surface area contributed by atoms with Gasteiger partial charge in [0, 0.05) is 12.2 Å². The Kier molecular flexibility index (Phi) is 8.32. The Labute approximate surface area is 160 Å². The molecule has 144 valence electrons. The molecule has 2 rings (SSSR count). The third-order valence-corrected chi connectivity index (χ3v) is 4.08. The predicted octanol–water partition coefficient (Wildman–Crippen LogP) is 1.25. The number of anilines is 1. The number of hydrogen-bond acceptors (Lipinski definition) is 3. The van der Waals surface area contributed by atoms with Gasteiger partial charge in [-0.2, -0.15) is 0 Å². The van der Waals surface area contributed by atoms with E-state index < -0.39 is 0 Å². The number of amides is 2. The van der Waals surface area contributed by atoms with Crippen molar-refractivity contribution in [2.75, 3.05) is 31.5 Å². The summed E-state index contributed by atoms with van der Waals surface area (Å²) in [5.41, 5.74) is 1.81. The van der Waals surface area contributed by atoms with E-state index in [4.69, 9.17) is 4.74 Å². The van der Waals surface area contributed by atoms with E-state index in [2.05, 4.69) is 10.6 Å². The van der Waals surface area contributed by atoms with E-state index in [0.717, 1.165) is 16.2 Å². The summed E-state index contributed by atoms with van der Waals surface area (Å²) < 4.78 is 5.74. The second-order valence-corrected chi connectivity index (χ2v) is 6.26. The number of benzene rings is 2. The molecule has 6 nitrogen and oxygen atoms in total. The van der Waals surface area contributed by atoms with Crippen LogP contribution in [0.2, 0.25) is 0 Å². The van der Waals surface area contributed by atoms with E-state index in [-0.39, 0.29) is 18.4 Å². The van der Waals surface area contributed by atoms with Crippen LogP contribution in [0.25, 0.3) is 0 Å². The minimum Gasteiger partial charge on any atom is -0.489 e. The Bertz CT molecular complexity index is 717. The summed E-state index contributed by atoms with van der Waals surface area (Å²) >= 11 is 0. The maximum Gasteiger partial charge on any atom is 0.279 e. The molecule has 0 aliphatic carbocycles. The normalized spacial score (nSPS) is 11.5. The Morgan fingerprint density at radius 2 is 1.59 bits per heavy atom. The van der Waals surface area contributed by atoms with E-state index in [1.807, 2.05) is 68.4 Å². The van der Waals surface area contributed by atoms with Crippen LogP contribution in [0.5, 0.6) is 5.75 Å². The number of quaternary nitrogens is 1. The van der Waals surface area contributed by atoms with Crippen LogP contribution in [0.4, 0.5) is 5.69 Å². The summed E-state index contributed by atoms with van der Waals surface area (Å²) in [6.07, 6.45) is 0. The van der Waals surface area contributed by atoms with Crippen LogP contribution in [-0.4, -0.2) is 38.0 Å². The molecule has 0 spiro atoms. The van der Waals surface area contributed by atoms with Gasteiger partial charge in [0.15, 0.2) is 13.1 Å². The minimum absolute atomic E-state index is 0.0398. The van der Waals surface area contributed by atoms with E-state index in [1.54, 1.807) is 0 Å². The van der Waals surface area contributed by atoms with Gasteiger partial charge in [-0.15, -0.1) is 0 Å². The summed E-state index contributed by atoms with van der Waals surface area (Å²) in [6, 6.07) is 17.2. The molecule has 2 aromatic carbocycles. The van der Waals surface area contributed by atoms with E-state index >= 15 is 0 Å². The molecule has 0 saturated carbocycles. The van der Waals surface area contributed by atoms with Crippen LogP contribution >= 0.6 is 0 Å². The molecule has 27 heavy (non-hydrogen) atoms. The number of carbonyl (C=O) groups is 2. The van der Waals surface area contributed by atoms with Crippen LogP contribution < -0.4 is 20.3 Å². The molecule has 3 N–H and O–H groups in total. The average molecular weight is 370 g/mol. The molecule has 0 aromatic heterocycles. The Balaban J connectivity index is 1.80. The summed E-state index contributed by atoms with van der Waals surface area (Å²) in [4.78, 5) is 24.8. The average Bonchev–Trinajstić information content (AvgIpc) is 2.68. The van der Waals surface area contributed by atoms with Gasteiger partial charge in [-0.1, -0.05) is 30.3 Å². The van der Waals surface area contributed by atoms with Gasteiger partial charge < -0.3 is 20.3 Å². The summed E-state index contributed by atoms with van der Waals surface area (Å²) in [6.45, 7) is 6.19. The maximum absolute atomic E-state index is 12.2. The van der Waals surface area contributed by atoms with Crippen molar-refractivity contribution in [2.24, 2.45) is 0 Å². The van der Waals surface area contributed by atoms with Crippen molar-refractivity contribution in [3.63, 3.8) is 0 Å². The van der Waals surface area contributed by atoms with Gasteiger partial charge >= 0.3 is 0 Å². The van der Waals surface area contributed by atoms with Gasteiger partial charge in [-0.25, -0.2) is 0 Å². The SMILES string of the molecule is CCNC(=O)C[NH+](CC)CC(=O)Nc1ccc(OCc2ccccc2)cc1. The fourth-order valence-electron chi connectivity index (χ4n) is 2.61. The molecule has 0 aliphatic rings. The highest BCUT2D eigenvalue weighted by Gasteiger charge is 2.16. The molecule has 0 heterocycles. The molecular weight excluding hydrogens is 342 g/mol. The first kappa shape index (κ1) is 20.5. The quantitative estimate of drug-likeness (QED) is 0.589. The van der Waals surface area contributed by atoms with Crippen LogP contribution in [-0.2, 0) is 16.2 Å². The lowest BCUT2D eigenvalue weighted by Gasteiger charge is -2.16. The third kappa shape index (κ3) is 7.50. The van der Waals surface area contributed by atoms with Crippen LogP contribution in [0.1, 0.15) is 19.4 Å². The highest BCUT2D eigenvalue weighted by molar-refractivity contribution is 5.91. The maximum atomic E-state index is 12.2. The van der Waals surface area contributed by atoms with Crippen molar-refractivity contribution in [2.45, 2.75) is 20.5 Å². The Hall–Kier alpha value is -2.86. The summed E-state index contributed by atoms with van der Waals surface area (Å²) in [7, 11) is 0. The van der Waals surface area contributed by atoms with Gasteiger partial charge in [0.05, 0.1) is 6.54 Å². The van der Waals surface area contributed by atoms with Crippen molar-refractivity contribution < 1.29 is 19.2 Å². The lowest BCUT2D eigenvalue weighted by atomic mass is 10.2. The summed E-state index contributed by atoms with van der Waals surface area (Å²) in [5.74, 6) is 0.588. The monoisotopic (exact) mass is 370 g/mol. The Morgan fingerprint density at radius 3 is 2.22 bits per heavy atom. The number of carbonyl (C=O) groups excluding carboxylic acids is 2. The highest BCUT2D eigenvalue weighted by atomic mass is 16.5. The molecule has 1 unspecified atom stereocenters. The third-order valence-electron chi connectivity index (χ3n) is 4.08. The molecule has 0 bridgehead atoms. The standard InChI is InChI=1S/C21H27N3O3/c1-3-22-20(25)14-24(4-2)15-21(26)23-18-10-12-19(13-11-18)27-16-17-8-6-5-7-9-17/h5-13H,3-4,14-16H2,1-2H3,(H,22,25)(H,23,26)/p+1. The van der Waals surface area contributed by atoms with Crippen molar-refractivity contribution in [1.29, 1.82) is 0 Å². The molecule has 0 fully saturated rings. The summed E-state index contributed by atoms with van der Waals surface area (Å²) in [5, 5.41) is 5.62. The predicted molar refractivity (Wildman–Crippen MR) is 106 cm³/mol. The van der Waals surface area contributed by atoms with Crippen molar-refractivity contribution in [1.82, 2.24) is 5.32 Å². The van der Waals surface area contributed by atoms with E-state index in [0.29, 0.717) is 31.9 Å². The van der Waals surface area contributed by atoms with Gasteiger partial charge in [0.25, 0.3) is 11.8 Å². The van der Waals surface area contributed by atoms with Crippen LogP contribution in [0.3, 0.4) is 0 Å². The van der Waals surface area contributed by atoms with Crippen molar-refractivity contribution in [3.05, 3.63) is 60.2 Å². The number of ether oxygens (including phenoxy) is 1. The largest absolute Gasteiger partial charge is 0.489 e. The van der Waals surface area contributed by atoms with E-state index in [9.17, 15) is 9.59 Å². The molecular formula is C21H28N3O3+. The lowest BCUT2D eigenvalue weighted by Crippen LogP contribution is -3.14. The molecule has 0 radical (unpaired) electrons. The molecule has 0 aliphatic heterocycles. The molecule has 1 atom stereocenters. The lowest BCUT2D eigenvalue weighted by molar-refractivity contribution is -0.881. The molecule has 0 saturated heterocycles. The number of nitrogens with one attached hydrogen (secondary N) is 3.